The summed E-state index contributed by atoms with van der Waals surface area (Å²) in [6.45, 7) is 9.61. The maximum Gasteiger partial charge on any atom is 0.205 e. The van der Waals surface area contributed by atoms with Crippen molar-refractivity contribution in [3.8, 4) is 11.5 Å². The molecular formula is C28H22O4S4. The van der Waals surface area contributed by atoms with Crippen molar-refractivity contribution in [2.24, 2.45) is 11.8 Å². The minimum Gasteiger partial charge on any atom is -0.491 e. The topological polar surface area (TPSA) is 52.6 Å². The van der Waals surface area contributed by atoms with E-state index in [2.05, 4.69) is 27.7 Å². The molecule has 0 radical (unpaired) electrons. The Balaban J connectivity index is 1.73. The van der Waals surface area contributed by atoms with Crippen molar-refractivity contribution in [2.75, 3.05) is 13.2 Å². The second kappa shape index (κ2) is 7.99. The van der Waals surface area contributed by atoms with Crippen LogP contribution in [0.25, 0.3) is 60.5 Å². The lowest BCUT2D eigenvalue weighted by Crippen LogP contribution is -2.07. The Hall–Kier alpha value is -2.52. The molecule has 0 aliphatic carbocycles. The van der Waals surface area contributed by atoms with Crippen LogP contribution in [0.15, 0.2) is 32.5 Å². The molecule has 0 amide bonds. The molecule has 4 aromatic heterocycles. The van der Waals surface area contributed by atoms with Gasteiger partial charge in [0.05, 0.1) is 32.0 Å². The van der Waals surface area contributed by atoms with Crippen molar-refractivity contribution >= 4 is 106 Å². The van der Waals surface area contributed by atoms with Gasteiger partial charge in [0, 0.05) is 41.7 Å². The molecule has 0 aliphatic heterocycles. The summed E-state index contributed by atoms with van der Waals surface area (Å²) in [5.41, 5.74) is 0.160. The van der Waals surface area contributed by atoms with Gasteiger partial charge in [-0.1, -0.05) is 27.7 Å². The van der Waals surface area contributed by atoms with Gasteiger partial charge in [0.15, 0.2) is 0 Å². The van der Waals surface area contributed by atoms with Crippen molar-refractivity contribution in [1.82, 2.24) is 0 Å². The molecule has 0 N–H and O–H groups in total. The maximum atomic E-state index is 13.4. The lowest BCUT2D eigenvalue weighted by atomic mass is 10.1. The van der Waals surface area contributed by atoms with E-state index >= 15 is 0 Å². The van der Waals surface area contributed by atoms with Gasteiger partial charge in [-0.05, 0) is 34.7 Å². The van der Waals surface area contributed by atoms with E-state index < -0.39 is 0 Å². The third kappa shape index (κ3) is 2.96. The zero-order chi connectivity index (χ0) is 24.9. The second-order valence-corrected chi connectivity index (χ2v) is 13.9. The third-order valence-electron chi connectivity index (χ3n) is 6.49. The zero-order valence-corrected chi connectivity index (χ0v) is 23.4. The highest BCUT2D eigenvalue weighted by atomic mass is 32.1. The molecule has 36 heavy (non-hydrogen) atoms. The van der Waals surface area contributed by atoms with Crippen LogP contribution in [0.1, 0.15) is 27.7 Å². The van der Waals surface area contributed by atoms with E-state index in [4.69, 9.17) is 9.47 Å². The minimum atomic E-state index is 0.0800. The molecule has 0 spiro atoms. The molecule has 0 fully saturated rings. The summed E-state index contributed by atoms with van der Waals surface area (Å²) < 4.78 is 18.6. The number of benzene rings is 1. The molecular weight excluding hydrogens is 529 g/mol. The molecule has 182 valence electrons. The molecule has 0 saturated heterocycles. The first-order valence-corrected chi connectivity index (χ1v) is 15.4. The average Bonchev–Trinajstić information content (AvgIpc) is 3.64. The van der Waals surface area contributed by atoms with E-state index in [0.717, 1.165) is 72.0 Å². The molecule has 4 heterocycles. The maximum absolute atomic E-state index is 13.4. The van der Waals surface area contributed by atoms with Gasteiger partial charge in [-0.3, -0.25) is 9.59 Å². The van der Waals surface area contributed by atoms with Crippen LogP contribution in [0.2, 0.25) is 0 Å². The van der Waals surface area contributed by atoms with E-state index in [1.165, 1.54) is 22.7 Å². The summed E-state index contributed by atoms with van der Waals surface area (Å²) in [6.07, 6.45) is 0. The van der Waals surface area contributed by atoms with Gasteiger partial charge < -0.3 is 9.47 Å². The molecule has 0 saturated carbocycles. The average molecular weight is 551 g/mol. The van der Waals surface area contributed by atoms with Crippen LogP contribution in [0.5, 0.6) is 11.5 Å². The van der Waals surface area contributed by atoms with Crippen molar-refractivity contribution in [1.29, 1.82) is 0 Å². The highest BCUT2D eigenvalue weighted by molar-refractivity contribution is 7.30. The molecule has 7 rings (SSSR count). The van der Waals surface area contributed by atoms with Gasteiger partial charge in [0.25, 0.3) is 0 Å². The third-order valence-corrected chi connectivity index (χ3v) is 10.7. The Labute approximate surface area is 222 Å². The predicted octanol–water partition coefficient (Wildman–Crippen LogP) is 8.52. The van der Waals surface area contributed by atoms with Crippen LogP contribution < -0.4 is 20.3 Å². The van der Waals surface area contributed by atoms with Crippen molar-refractivity contribution < 1.29 is 9.47 Å². The van der Waals surface area contributed by atoms with E-state index in [-0.39, 0.29) is 10.9 Å². The SMILES string of the molecule is CC(C)COc1c2sc3c(=O)c4ccsc4c3c2c(OCC(C)C)c2sc3c(=O)c4ccsc4c3c12. The minimum absolute atomic E-state index is 0.0800. The fourth-order valence-corrected chi connectivity index (χ4v) is 9.53. The lowest BCUT2D eigenvalue weighted by Gasteiger charge is -2.16. The molecule has 4 nitrogen and oxygen atoms in total. The fraction of sp³-hybridized carbons (Fsp3) is 0.286. The Morgan fingerprint density at radius 3 is 1.42 bits per heavy atom. The summed E-state index contributed by atoms with van der Waals surface area (Å²) in [6, 6.07) is 3.84. The first kappa shape index (κ1) is 22.7. The predicted molar refractivity (Wildman–Crippen MR) is 159 cm³/mol. The number of fused-ring (bicyclic) bond motifs is 10. The lowest BCUT2D eigenvalue weighted by molar-refractivity contribution is 0.273. The van der Waals surface area contributed by atoms with Crippen LogP contribution in [0, 0.1) is 11.8 Å². The monoisotopic (exact) mass is 550 g/mol. The highest BCUT2D eigenvalue weighted by Gasteiger charge is 2.30. The summed E-state index contributed by atoms with van der Waals surface area (Å²) >= 11 is 6.21. The van der Waals surface area contributed by atoms with E-state index in [1.807, 2.05) is 22.9 Å². The first-order valence-electron chi connectivity index (χ1n) is 12.0. The number of rotatable bonds is 6. The largest absolute Gasteiger partial charge is 0.491 e. The molecule has 0 bridgehead atoms. The van der Waals surface area contributed by atoms with Gasteiger partial charge in [-0.2, -0.15) is 0 Å². The molecule has 0 aliphatic rings. The van der Waals surface area contributed by atoms with Crippen LogP contribution >= 0.6 is 45.3 Å². The Bertz CT molecular complexity index is 1900. The Morgan fingerprint density at radius 1 is 0.611 bits per heavy atom. The quantitative estimate of drug-likeness (QED) is 0.208. The number of ether oxygens (including phenoxy) is 2. The van der Waals surface area contributed by atoms with Gasteiger partial charge in [0.2, 0.25) is 10.9 Å². The summed E-state index contributed by atoms with van der Waals surface area (Å²) in [7, 11) is 0. The number of hydrogen-bond acceptors (Lipinski definition) is 8. The smallest absolute Gasteiger partial charge is 0.205 e. The van der Waals surface area contributed by atoms with Crippen molar-refractivity contribution in [3.63, 3.8) is 0 Å². The van der Waals surface area contributed by atoms with E-state index in [9.17, 15) is 9.59 Å². The van der Waals surface area contributed by atoms with Crippen LogP contribution in [0.3, 0.4) is 0 Å². The standard InChI is InChI=1S/C28H22O4S4/c1-11(2)9-31-21-15-17-23-13(5-7-33-23)19(29)25(17)36-28(15)22(32-10-12(3)4)16-18-24-14(6-8-34-24)20(30)26(18)35-27(16)21/h5-8,11-12H,9-10H2,1-4H3. The van der Waals surface area contributed by atoms with E-state index in [1.54, 1.807) is 22.7 Å². The second-order valence-electron chi connectivity index (χ2n) is 10.1. The fourth-order valence-electron chi connectivity index (χ4n) is 4.98. The summed E-state index contributed by atoms with van der Waals surface area (Å²) in [5, 5.41) is 9.35. The summed E-state index contributed by atoms with van der Waals surface area (Å²) in [5.74, 6) is 2.22. The van der Waals surface area contributed by atoms with Gasteiger partial charge in [-0.15, -0.1) is 45.3 Å². The van der Waals surface area contributed by atoms with Crippen LogP contribution in [-0.4, -0.2) is 13.2 Å². The van der Waals surface area contributed by atoms with Gasteiger partial charge in [-0.25, -0.2) is 0 Å². The molecule has 7 aromatic rings. The molecule has 3 aromatic carbocycles. The van der Waals surface area contributed by atoms with Crippen molar-refractivity contribution in [2.45, 2.75) is 27.7 Å². The van der Waals surface area contributed by atoms with Crippen LogP contribution in [-0.2, 0) is 0 Å². The van der Waals surface area contributed by atoms with Crippen molar-refractivity contribution in [3.05, 3.63) is 43.3 Å². The normalized spacial score (nSPS) is 12.8. The Kier molecular flexibility index (Phi) is 5.03. The molecule has 0 atom stereocenters. The Morgan fingerprint density at radius 2 is 1.03 bits per heavy atom. The van der Waals surface area contributed by atoms with Crippen LogP contribution in [0.4, 0.5) is 0 Å². The van der Waals surface area contributed by atoms with Gasteiger partial charge >= 0.3 is 0 Å². The number of thiophene rings is 4. The summed E-state index contributed by atoms with van der Waals surface area (Å²) in [4.78, 5) is 26.7. The first-order chi connectivity index (χ1) is 17.4. The molecule has 8 heteroatoms. The molecule has 0 unspecified atom stereocenters. The zero-order valence-electron chi connectivity index (χ0n) is 20.1. The highest BCUT2D eigenvalue weighted by Crippen LogP contribution is 2.56. The number of hydrogen-bond donors (Lipinski definition) is 0. The van der Waals surface area contributed by atoms with Gasteiger partial charge in [0.1, 0.15) is 11.5 Å². The van der Waals surface area contributed by atoms with E-state index in [0.29, 0.717) is 25.0 Å².